The molecule has 6 heteroatoms. The molecule has 0 N–H and O–H groups in total. The van der Waals surface area contributed by atoms with E-state index in [0.29, 0.717) is 0 Å². The van der Waals surface area contributed by atoms with Crippen molar-refractivity contribution in [3.63, 3.8) is 0 Å². The summed E-state index contributed by atoms with van der Waals surface area (Å²) < 4.78 is 22.5. The van der Waals surface area contributed by atoms with Crippen LogP contribution in [-0.4, -0.2) is 19.9 Å². The average molecular weight is 253 g/mol. The lowest BCUT2D eigenvalue weighted by Gasteiger charge is -2.03. The van der Waals surface area contributed by atoms with Gasteiger partial charge in [-0.05, 0) is 29.8 Å². The molecule has 1 aromatic carbocycles. The topological polar surface area (TPSA) is 51.2 Å². The van der Waals surface area contributed by atoms with E-state index < -0.39 is 15.1 Å². The molecule has 0 aliphatic heterocycles. The fraction of sp³-hybridized carbons (Fsp3) is 0.125. The van der Waals surface area contributed by atoms with Gasteiger partial charge in [0.25, 0.3) is 5.24 Å². The van der Waals surface area contributed by atoms with Gasteiger partial charge in [0.15, 0.2) is 9.84 Å². The van der Waals surface area contributed by atoms with E-state index in [1.54, 1.807) is 0 Å². The van der Waals surface area contributed by atoms with E-state index >= 15 is 0 Å². The highest BCUT2D eigenvalue weighted by molar-refractivity contribution is 7.90. The molecular weight excluding hydrogens is 247 g/mol. The minimum atomic E-state index is -3.49. The van der Waals surface area contributed by atoms with Crippen molar-refractivity contribution in [2.24, 2.45) is 0 Å². The molecule has 0 fully saturated rings. The number of halogens is 2. The summed E-state index contributed by atoms with van der Waals surface area (Å²) in [6.45, 7) is 0. The van der Waals surface area contributed by atoms with Gasteiger partial charge in [-0.1, -0.05) is 11.6 Å². The van der Waals surface area contributed by atoms with Crippen molar-refractivity contribution in [1.82, 2.24) is 0 Å². The maximum absolute atomic E-state index is 11.2. The van der Waals surface area contributed by atoms with E-state index in [4.69, 9.17) is 23.2 Å². The van der Waals surface area contributed by atoms with Crippen molar-refractivity contribution in [3.8, 4) is 0 Å². The zero-order chi connectivity index (χ0) is 10.9. The molecule has 1 aromatic rings. The van der Waals surface area contributed by atoms with Crippen LogP contribution >= 0.6 is 23.2 Å². The van der Waals surface area contributed by atoms with E-state index in [2.05, 4.69) is 0 Å². The van der Waals surface area contributed by atoms with Crippen LogP contribution in [0.3, 0.4) is 0 Å². The van der Waals surface area contributed by atoms with Gasteiger partial charge in [-0.3, -0.25) is 4.79 Å². The predicted molar refractivity (Wildman–Crippen MR) is 54.7 cm³/mol. The zero-order valence-corrected chi connectivity index (χ0v) is 9.45. The summed E-state index contributed by atoms with van der Waals surface area (Å²) in [5.74, 6) is 0. The molecule has 1 rings (SSSR count). The average Bonchev–Trinajstić information content (AvgIpc) is 2.01. The molecule has 0 radical (unpaired) electrons. The van der Waals surface area contributed by atoms with E-state index in [1.807, 2.05) is 0 Å². The molecule has 0 aliphatic rings. The smallest absolute Gasteiger partial charge is 0.253 e. The lowest BCUT2D eigenvalue weighted by Crippen LogP contribution is -2.04. The lowest BCUT2D eigenvalue weighted by atomic mass is 10.2. The Morgan fingerprint density at radius 1 is 1.36 bits per heavy atom. The molecule has 0 atom stereocenters. The molecule has 3 nitrogen and oxygen atoms in total. The van der Waals surface area contributed by atoms with Crippen molar-refractivity contribution >= 4 is 38.3 Å². The van der Waals surface area contributed by atoms with Crippen LogP contribution in [0.15, 0.2) is 23.1 Å². The molecule has 0 unspecified atom stereocenters. The second kappa shape index (κ2) is 3.88. The molecular formula is C8H6Cl2O3S. The number of hydrogen-bond donors (Lipinski definition) is 0. The molecule has 0 saturated carbocycles. The van der Waals surface area contributed by atoms with Crippen molar-refractivity contribution in [2.45, 2.75) is 4.90 Å². The van der Waals surface area contributed by atoms with Gasteiger partial charge in [-0.25, -0.2) is 8.42 Å². The van der Waals surface area contributed by atoms with Crippen molar-refractivity contribution in [1.29, 1.82) is 0 Å². The fourth-order valence-corrected chi connectivity index (χ4v) is 2.32. The molecule has 0 spiro atoms. The quantitative estimate of drug-likeness (QED) is 0.758. The monoisotopic (exact) mass is 252 g/mol. The Balaban J connectivity index is 3.54. The van der Waals surface area contributed by atoms with Crippen molar-refractivity contribution in [2.75, 3.05) is 6.26 Å². The summed E-state index contributed by atoms with van der Waals surface area (Å²) in [4.78, 5) is 10.7. The van der Waals surface area contributed by atoms with Gasteiger partial charge < -0.3 is 0 Å². The van der Waals surface area contributed by atoms with E-state index in [-0.39, 0.29) is 15.5 Å². The summed E-state index contributed by atoms with van der Waals surface area (Å²) in [5, 5.41) is -0.575. The molecule has 0 aromatic heterocycles. The Morgan fingerprint density at radius 2 is 1.93 bits per heavy atom. The Kier molecular flexibility index (Phi) is 3.19. The Morgan fingerprint density at radius 3 is 2.36 bits per heavy atom. The molecule has 0 saturated heterocycles. The lowest BCUT2D eigenvalue weighted by molar-refractivity contribution is 0.107. The predicted octanol–water partition coefficient (Wildman–Crippen LogP) is 2.12. The molecule has 0 amide bonds. The van der Waals surface area contributed by atoms with Gasteiger partial charge in [0.1, 0.15) is 0 Å². The number of sulfone groups is 1. The minimum Gasteiger partial charge on any atom is -0.276 e. The summed E-state index contributed by atoms with van der Waals surface area (Å²) in [7, 11) is -3.49. The number of rotatable bonds is 2. The van der Waals surface area contributed by atoms with Gasteiger partial charge in [-0.15, -0.1) is 0 Å². The summed E-state index contributed by atoms with van der Waals surface area (Å²) >= 11 is 10.8. The van der Waals surface area contributed by atoms with Crippen molar-refractivity contribution < 1.29 is 13.2 Å². The van der Waals surface area contributed by atoms with Crippen LogP contribution in [0.4, 0.5) is 0 Å². The minimum absolute atomic E-state index is 0.0569. The molecule has 14 heavy (non-hydrogen) atoms. The Bertz CT molecular complexity index is 479. The number of carbonyl (C=O) groups is 1. The third-order valence-electron chi connectivity index (χ3n) is 1.55. The third-order valence-corrected chi connectivity index (χ3v) is 3.13. The Labute approximate surface area is 91.6 Å². The summed E-state index contributed by atoms with van der Waals surface area (Å²) in [6.07, 6.45) is 0.988. The van der Waals surface area contributed by atoms with E-state index in [1.165, 1.54) is 18.2 Å². The van der Waals surface area contributed by atoms with Gasteiger partial charge in [0, 0.05) is 11.3 Å². The van der Waals surface area contributed by atoms with Crippen LogP contribution in [0.25, 0.3) is 0 Å². The molecule has 0 heterocycles. The van der Waals surface area contributed by atoms with Gasteiger partial charge >= 0.3 is 0 Å². The van der Waals surface area contributed by atoms with Crippen LogP contribution in [0, 0.1) is 0 Å². The zero-order valence-electron chi connectivity index (χ0n) is 7.12. The van der Waals surface area contributed by atoms with Crippen LogP contribution < -0.4 is 0 Å². The molecule has 76 valence electrons. The van der Waals surface area contributed by atoms with Crippen LogP contribution in [0.1, 0.15) is 10.4 Å². The third kappa shape index (κ3) is 2.47. The first-order chi connectivity index (χ1) is 6.32. The number of carbonyl (C=O) groups excluding carboxylic acids is 1. The first-order valence-corrected chi connectivity index (χ1v) is 6.16. The first-order valence-electron chi connectivity index (χ1n) is 3.52. The maximum Gasteiger partial charge on any atom is 0.253 e. The Hall–Kier alpha value is -0.580. The number of hydrogen-bond acceptors (Lipinski definition) is 3. The second-order valence-corrected chi connectivity index (χ2v) is 5.45. The number of benzene rings is 1. The van der Waals surface area contributed by atoms with Crippen molar-refractivity contribution in [3.05, 3.63) is 28.8 Å². The summed E-state index contributed by atoms with van der Waals surface area (Å²) in [6, 6.07) is 3.90. The highest BCUT2D eigenvalue weighted by Crippen LogP contribution is 2.22. The second-order valence-electron chi connectivity index (χ2n) is 2.69. The maximum atomic E-state index is 11.2. The van der Waals surface area contributed by atoms with Gasteiger partial charge in [0.2, 0.25) is 0 Å². The summed E-state index contributed by atoms with van der Waals surface area (Å²) in [5.41, 5.74) is -0.0569. The highest BCUT2D eigenvalue weighted by Gasteiger charge is 2.17. The SMILES string of the molecule is CS(=O)(=O)c1cc(Cl)ccc1C(=O)Cl. The standard InChI is InChI=1S/C8H6Cl2O3S/c1-14(12,13)7-4-5(9)2-3-6(7)8(10)11/h2-4H,1H3. The van der Waals surface area contributed by atoms with Gasteiger partial charge in [-0.2, -0.15) is 0 Å². The fourth-order valence-electron chi connectivity index (χ4n) is 0.965. The van der Waals surface area contributed by atoms with Crippen LogP contribution in [0.2, 0.25) is 5.02 Å². The van der Waals surface area contributed by atoms with Crippen LogP contribution in [-0.2, 0) is 9.84 Å². The first kappa shape index (κ1) is 11.5. The van der Waals surface area contributed by atoms with E-state index in [9.17, 15) is 13.2 Å². The molecule has 0 aliphatic carbocycles. The normalized spacial score (nSPS) is 11.4. The highest BCUT2D eigenvalue weighted by atomic mass is 35.5. The van der Waals surface area contributed by atoms with Crippen LogP contribution in [0.5, 0.6) is 0 Å². The molecule has 0 bridgehead atoms. The van der Waals surface area contributed by atoms with E-state index in [0.717, 1.165) is 6.26 Å². The van der Waals surface area contributed by atoms with Gasteiger partial charge in [0.05, 0.1) is 10.5 Å². The largest absolute Gasteiger partial charge is 0.276 e.